The molecular formula is C20H17FN2O3. The molecule has 1 fully saturated rings. The van der Waals surface area contributed by atoms with Gasteiger partial charge in [-0.3, -0.25) is 9.59 Å². The minimum Gasteiger partial charge on any atom is -0.451 e. The van der Waals surface area contributed by atoms with Gasteiger partial charge in [-0.2, -0.15) is 0 Å². The van der Waals surface area contributed by atoms with Gasteiger partial charge in [-0.05, 0) is 49.7 Å². The average molecular weight is 352 g/mol. The van der Waals surface area contributed by atoms with Gasteiger partial charge in [0.2, 0.25) is 5.91 Å². The highest BCUT2D eigenvalue weighted by molar-refractivity contribution is 6.07. The standard InChI is InChI=1S/C20H17FN2O3/c1-12-16-10-13(21)7-8-17(16)26-19(12)20(25)22-14-4-2-5-15(11-14)23-9-3-6-18(23)24/h2,4-5,7-8,10-11H,3,6,9H2,1H3,(H,22,25). The molecule has 1 aromatic heterocycles. The van der Waals surface area contributed by atoms with Gasteiger partial charge in [-0.25, -0.2) is 4.39 Å². The van der Waals surface area contributed by atoms with Crippen LogP contribution in [0.25, 0.3) is 11.0 Å². The summed E-state index contributed by atoms with van der Waals surface area (Å²) < 4.78 is 19.0. The van der Waals surface area contributed by atoms with Gasteiger partial charge in [-0.15, -0.1) is 0 Å². The zero-order valence-electron chi connectivity index (χ0n) is 14.2. The molecule has 4 rings (SSSR count). The van der Waals surface area contributed by atoms with Gasteiger partial charge in [0.15, 0.2) is 5.76 Å². The molecule has 0 radical (unpaired) electrons. The summed E-state index contributed by atoms with van der Waals surface area (Å²) in [4.78, 5) is 26.2. The fourth-order valence-corrected chi connectivity index (χ4v) is 3.27. The van der Waals surface area contributed by atoms with Crippen molar-refractivity contribution in [3.63, 3.8) is 0 Å². The van der Waals surface area contributed by atoms with Crippen molar-refractivity contribution in [2.45, 2.75) is 19.8 Å². The Labute approximate surface area is 149 Å². The number of hydrogen-bond donors (Lipinski definition) is 1. The van der Waals surface area contributed by atoms with Crippen LogP contribution in [0.5, 0.6) is 0 Å². The molecule has 26 heavy (non-hydrogen) atoms. The first-order valence-corrected chi connectivity index (χ1v) is 8.43. The van der Waals surface area contributed by atoms with Crippen molar-refractivity contribution in [2.24, 2.45) is 0 Å². The van der Waals surface area contributed by atoms with Crippen molar-refractivity contribution in [3.8, 4) is 0 Å². The second-order valence-electron chi connectivity index (χ2n) is 6.35. The third-order valence-electron chi connectivity index (χ3n) is 4.59. The molecule has 2 amide bonds. The van der Waals surface area contributed by atoms with E-state index >= 15 is 0 Å². The molecule has 0 atom stereocenters. The van der Waals surface area contributed by atoms with E-state index in [1.807, 2.05) is 6.07 Å². The van der Waals surface area contributed by atoms with E-state index in [2.05, 4.69) is 5.32 Å². The Morgan fingerprint density at radius 2 is 2.08 bits per heavy atom. The van der Waals surface area contributed by atoms with Gasteiger partial charge in [0.05, 0.1) is 0 Å². The Kier molecular flexibility index (Phi) is 3.95. The third-order valence-corrected chi connectivity index (χ3v) is 4.59. The lowest BCUT2D eigenvalue weighted by Crippen LogP contribution is -2.23. The van der Waals surface area contributed by atoms with E-state index < -0.39 is 5.91 Å². The quantitative estimate of drug-likeness (QED) is 0.766. The number of amides is 2. The molecule has 132 valence electrons. The molecule has 0 bridgehead atoms. The maximum Gasteiger partial charge on any atom is 0.291 e. The first-order chi connectivity index (χ1) is 12.5. The normalized spacial score (nSPS) is 14.2. The molecule has 5 nitrogen and oxygen atoms in total. The van der Waals surface area contributed by atoms with Crippen molar-refractivity contribution >= 4 is 34.2 Å². The molecule has 1 N–H and O–H groups in total. The molecule has 0 aliphatic carbocycles. The first kappa shape index (κ1) is 16.3. The van der Waals surface area contributed by atoms with E-state index in [4.69, 9.17) is 4.42 Å². The Balaban J connectivity index is 1.61. The monoisotopic (exact) mass is 352 g/mol. The number of anilines is 2. The van der Waals surface area contributed by atoms with E-state index in [1.165, 1.54) is 18.2 Å². The highest BCUT2D eigenvalue weighted by Gasteiger charge is 2.22. The van der Waals surface area contributed by atoms with Gasteiger partial charge in [0.25, 0.3) is 5.91 Å². The number of furan rings is 1. The number of carbonyl (C=O) groups is 2. The van der Waals surface area contributed by atoms with Crippen LogP contribution in [-0.2, 0) is 4.79 Å². The van der Waals surface area contributed by atoms with Crippen LogP contribution in [0.3, 0.4) is 0 Å². The van der Waals surface area contributed by atoms with Crippen LogP contribution in [0.15, 0.2) is 46.9 Å². The molecule has 6 heteroatoms. The largest absolute Gasteiger partial charge is 0.451 e. The topological polar surface area (TPSA) is 62.6 Å². The van der Waals surface area contributed by atoms with Crippen LogP contribution in [0, 0.1) is 12.7 Å². The lowest BCUT2D eigenvalue weighted by atomic mass is 10.1. The van der Waals surface area contributed by atoms with Crippen molar-refractivity contribution in [1.29, 1.82) is 0 Å². The minimum absolute atomic E-state index is 0.0867. The lowest BCUT2D eigenvalue weighted by Gasteiger charge is -2.16. The fourth-order valence-electron chi connectivity index (χ4n) is 3.27. The van der Waals surface area contributed by atoms with E-state index in [9.17, 15) is 14.0 Å². The third kappa shape index (κ3) is 2.83. The Bertz CT molecular complexity index is 1030. The highest BCUT2D eigenvalue weighted by Crippen LogP contribution is 2.28. The molecule has 1 aliphatic rings. The smallest absolute Gasteiger partial charge is 0.291 e. The summed E-state index contributed by atoms with van der Waals surface area (Å²) in [5, 5.41) is 3.36. The second kappa shape index (κ2) is 6.29. The van der Waals surface area contributed by atoms with Crippen LogP contribution in [0.1, 0.15) is 29.0 Å². The second-order valence-corrected chi connectivity index (χ2v) is 6.35. The molecule has 0 saturated carbocycles. The predicted octanol–water partition coefficient (Wildman–Crippen LogP) is 4.26. The van der Waals surface area contributed by atoms with Crippen LogP contribution >= 0.6 is 0 Å². The molecule has 0 spiro atoms. The summed E-state index contributed by atoms with van der Waals surface area (Å²) in [5.41, 5.74) is 2.38. The summed E-state index contributed by atoms with van der Waals surface area (Å²) in [6, 6.07) is 11.3. The van der Waals surface area contributed by atoms with E-state index in [-0.39, 0.29) is 17.5 Å². The summed E-state index contributed by atoms with van der Waals surface area (Å²) in [6.45, 7) is 2.41. The summed E-state index contributed by atoms with van der Waals surface area (Å²) >= 11 is 0. The van der Waals surface area contributed by atoms with Gasteiger partial charge in [-0.1, -0.05) is 6.07 Å². The maximum atomic E-state index is 13.4. The first-order valence-electron chi connectivity index (χ1n) is 8.43. The number of benzene rings is 2. The molecule has 3 aromatic rings. The molecule has 1 saturated heterocycles. The molecule has 1 aliphatic heterocycles. The number of nitrogens with zero attached hydrogens (tertiary/aromatic N) is 1. The lowest BCUT2D eigenvalue weighted by molar-refractivity contribution is -0.117. The zero-order valence-corrected chi connectivity index (χ0v) is 14.2. The average Bonchev–Trinajstić information content (AvgIpc) is 3.19. The van der Waals surface area contributed by atoms with Crippen LogP contribution in [0.2, 0.25) is 0 Å². The predicted molar refractivity (Wildman–Crippen MR) is 96.9 cm³/mol. The van der Waals surface area contributed by atoms with Gasteiger partial charge in [0.1, 0.15) is 11.4 Å². The molecular weight excluding hydrogens is 335 g/mol. The molecule has 2 heterocycles. The molecule has 0 unspecified atom stereocenters. The zero-order chi connectivity index (χ0) is 18.3. The fraction of sp³-hybridized carbons (Fsp3) is 0.200. The van der Waals surface area contributed by atoms with Crippen molar-refractivity contribution in [3.05, 3.63) is 59.6 Å². The number of rotatable bonds is 3. The van der Waals surface area contributed by atoms with Crippen LogP contribution in [0.4, 0.5) is 15.8 Å². The Morgan fingerprint density at radius 3 is 2.85 bits per heavy atom. The Hall–Kier alpha value is -3.15. The Morgan fingerprint density at radius 1 is 1.23 bits per heavy atom. The van der Waals surface area contributed by atoms with Gasteiger partial charge >= 0.3 is 0 Å². The maximum absolute atomic E-state index is 13.4. The van der Waals surface area contributed by atoms with E-state index in [0.29, 0.717) is 35.2 Å². The molecule has 2 aromatic carbocycles. The SMILES string of the molecule is Cc1c(C(=O)Nc2cccc(N3CCCC3=O)c2)oc2ccc(F)cc12. The summed E-state index contributed by atoms with van der Waals surface area (Å²) in [6.07, 6.45) is 1.38. The van der Waals surface area contributed by atoms with Gasteiger partial charge < -0.3 is 14.6 Å². The number of halogens is 1. The van der Waals surface area contributed by atoms with Crippen molar-refractivity contribution < 1.29 is 18.4 Å². The number of hydrogen-bond acceptors (Lipinski definition) is 3. The van der Waals surface area contributed by atoms with E-state index in [1.54, 1.807) is 30.0 Å². The van der Waals surface area contributed by atoms with E-state index in [0.717, 1.165) is 12.1 Å². The van der Waals surface area contributed by atoms with Crippen LogP contribution in [-0.4, -0.2) is 18.4 Å². The van der Waals surface area contributed by atoms with Gasteiger partial charge in [0, 0.05) is 35.3 Å². The van der Waals surface area contributed by atoms with Crippen LogP contribution < -0.4 is 10.2 Å². The summed E-state index contributed by atoms with van der Waals surface area (Å²) in [7, 11) is 0. The highest BCUT2D eigenvalue weighted by atomic mass is 19.1. The number of fused-ring (bicyclic) bond motifs is 1. The number of aryl methyl sites for hydroxylation is 1. The summed E-state index contributed by atoms with van der Waals surface area (Å²) in [5.74, 6) is -0.558. The number of carbonyl (C=O) groups excluding carboxylic acids is 2. The van der Waals surface area contributed by atoms with Crippen molar-refractivity contribution in [2.75, 3.05) is 16.8 Å². The van der Waals surface area contributed by atoms with Crippen molar-refractivity contribution in [1.82, 2.24) is 0 Å². The minimum atomic E-state index is -0.413. The number of nitrogens with one attached hydrogen (secondary N) is 1.